The first-order valence-corrected chi connectivity index (χ1v) is 10.6. The topological polar surface area (TPSA) is 76.3 Å². The number of nitrogens with zero attached hydrogens (tertiary/aromatic N) is 6. The van der Waals surface area contributed by atoms with Gasteiger partial charge in [-0.15, -0.1) is 10.2 Å². The fraction of sp³-hybridized carbons (Fsp3) is 0.286. The zero-order valence-corrected chi connectivity index (χ0v) is 17.0. The van der Waals surface area contributed by atoms with Crippen LogP contribution in [0.1, 0.15) is 25.3 Å². The summed E-state index contributed by atoms with van der Waals surface area (Å²) in [4.78, 5) is 16.7. The van der Waals surface area contributed by atoms with Crippen LogP contribution >= 0.6 is 11.8 Å². The molecule has 1 aromatic carbocycles. The third-order valence-electron chi connectivity index (χ3n) is 4.62. The van der Waals surface area contributed by atoms with Gasteiger partial charge in [-0.1, -0.05) is 49.0 Å². The second-order valence-electron chi connectivity index (χ2n) is 6.66. The number of benzene rings is 1. The molecule has 1 amide bonds. The van der Waals surface area contributed by atoms with Crippen molar-refractivity contribution < 1.29 is 4.79 Å². The minimum atomic E-state index is -0.0163. The van der Waals surface area contributed by atoms with Crippen molar-refractivity contribution >= 4 is 23.4 Å². The minimum Gasteiger partial charge on any atom is -0.302 e. The maximum absolute atomic E-state index is 12.7. The summed E-state index contributed by atoms with van der Waals surface area (Å²) in [6.45, 7) is 3.52. The third kappa shape index (κ3) is 4.37. The third-order valence-corrected chi connectivity index (χ3v) is 5.58. The van der Waals surface area contributed by atoms with Crippen LogP contribution in [-0.2, 0) is 11.3 Å². The lowest BCUT2D eigenvalue weighted by molar-refractivity contribution is -0.127. The summed E-state index contributed by atoms with van der Waals surface area (Å²) in [5, 5.41) is 15.5. The Labute approximate surface area is 173 Å². The van der Waals surface area contributed by atoms with E-state index in [2.05, 4.69) is 31.8 Å². The van der Waals surface area contributed by atoms with Gasteiger partial charge in [0.1, 0.15) is 0 Å². The molecule has 29 heavy (non-hydrogen) atoms. The molecule has 2 aromatic heterocycles. The average molecular weight is 407 g/mol. The molecule has 0 saturated heterocycles. The molecule has 0 aliphatic carbocycles. The molecular weight excluding hydrogens is 384 g/mol. The minimum absolute atomic E-state index is 0.0163. The summed E-state index contributed by atoms with van der Waals surface area (Å²) in [6.07, 6.45) is 5.21. The second kappa shape index (κ2) is 9.00. The molecule has 1 aliphatic heterocycles. The van der Waals surface area contributed by atoms with Gasteiger partial charge in [-0.2, -0.15) is 5.10 Å². The summed E-state index contributed by atoms with van der Waals surface area (Å²) < 4.78 is 2.07. The number of amides is 1. The number of pyridine rings is 1. The molecule has 0 N–H and O–H groups in total. The van der Waals surface area contributed by atoms with Crippen LogP contribution in [0.25, 0.3) is 11.4 Å². The van der Waals surface area contributed by atoms with Crippen LogP contribution < -0.4 is 0 Å². The Kier molecular flexibility index (Phi) is 6.00. The van der Waals surface area contributed by atoms with Gasteiger partial charge in [-0.05, 0) is 24.1 Å². The van der Waals surface area contributed by atoms with Crippen LogP contribution in [0, 0.1) is 0 Å². The van der Waals surface area contributed by atoms with Crippen molar-refractivity contribution in [1.29, 1.82) is 0 Å². The SMILES string of the molecule is CCCn1c(SCC(=O)N2CCC(c3ccccc3)=N2)nnc1-c1ccncc1. The summed E-state index contributed by atoms with van der Waals surface area (Å²) in [6, 6.07) is 13.8. The number of rotatable bonds is 7. The molecule has 4 rings (SSSR count). The van der Waals surface area contributed by atoms with Gasteiger partial charge in [0, 0.05) is 30.9 Å². The van der Waals surface area contributed by atoms with E-state index in [4.69, 9.17) is 0 Å². The molecule has 0 bridgehead atoms. The fourth-order valence-corrected chi connectivity index (χ4v) is 4.04. The number of hydrogen-bond donors (Lipinski definition) is 0. The average Bonchev–Trinajstić information content (AvgIpc) is 3.41. The van der Waals surface area contributed by atoms with Gasteiger partial charge in [0.25, 0.3) is 5.91 Å². The Balaban J connectivity index is 1.45. The Morgan fingerprint density at radius 2 is 1.86 bits per heavy atom. The van der Waals surface area contributed by atoms with Crippen molar-refractivity contribution in [2.24, 2.45) is 5.10 Å². The highest BCUT2D eigenvalue weighted by Crippen LogP contribution is 2.25. The highest BCUT2D eigenvalue weighted by molar-refractivity contribution is 7.99. The first-order chi connectivity index (χ1) is 14.3. The Morgan fingerprint density at radius 3 is 2.62 bits per heavy atom. The molecule has 0 saturated carbocycles. The van der Waals surface area contributed by atoms with E-state index in [-0.39, 0.29) is 11.7 Å². The zero-order chi connectivity index (χ0) is 20.1. The van der Waals surface area contributed by atoms with E-state index in [1.165, 1.54) is 11.8 Å². The number of hydrogen-bond acceptors (Lipinski definition) is 6. The molecular formula is C21H22N6OS. The maximum Gasteiger partial charge on any atom is 0.253 e. The lowest BCUT2D eigenvalue weighted by Crippen LogP contribution is -2.25. The predicted molar refractivity (Wildman–Crippen MR) is 114 cm³/mol. The molecule has 3 aromatic rings. The predicted octanol–water partition coefficient (Wildman–Crippen LogP) is 3.48. The smallest absolute Gasteiger partial charge is 0.253 e. The van der Waals surface area contributed by atoms with Gasteiger partial charge in [0.15, 0.2) is 11.0 Å². The lowest BCUT2D eigenvalue weighted by Gasteiger charge is -2.12. The maximum atomic E-state index is 12.7. The van der Waals surface area contributed by atoms with E-state index in [1.54, 1.807) is 17.4 Å². The Bertz CT molecular complexity index is 1000. The molecule has 0 atom stereocenters. The van der Waals surface area contributed by atoms with Crippen LogP contribution in [0.3, 0.4) is 0 Å². The fourth-order valence-electron chi connectivity index (χ4n) is 3.21. The van der Waals surface area contributed by atoms with Crippen LogP contribution in [0.2, 0.25) is 0 Å². The molecule has 0 fully saturated rings. The first-order valence-electron chi connectivity index (χ1n) is 9.66. The Morgan fingerprint density at radius 1 is 1.07 bits per heavy atom. The highest BCUT2D eigenvalue weighted by atomic mass is 32.2. The molecule has 1 aliphatic rings. The lowest BCUT2D eigenvalue weighted by atomic mass is 10.1. The van der Waals surface area contributed by atoms with Gasteiger partial charge in [0.05, 0.1) is 18.0 Å². The monoisotopic (exact) mass is 406 g/mol. The van der Waals surface area contributed by atoms with Gasteiger partial charge in [0.2, 0.25) is 0 Å². The van der Waals surface area contributed by atoms with Crippen LogP contribution in [0.15, 0.2) is 65.1 Å². The standard InChI is InChI=1S/C21H22N6OS/c1-2-13-26-20(17-8-11-22-12-9-17)23-24-21(26)29-15-19(28)27-14-10-18(25-27)16-6-4-3-5-7-16/h3-9,11-12H,2,10,13-15H2,1H3. The molecule has 0 spiro atoms. The van der Waals surface area contributed by atoms with Gasteiger partial charge in [-0.3, -0.25) is 9.78 Å². The number of carbonyl (C=O) groups excluding carboxylic acids is 1. The number of carbonyl (C=O) groups is 1. The van der Waals surface area contributed by atoms with E-state index < -0.39 is 0 Å². The van der Waals surface area contributed by atoms with Crippen LogP contribution in [0.5, 0.6) is 0 Å². The zero-order valence-electron chi connectivity index (χ0n) is 16.2. The summed E-state index contributed by atoms with van der Waals surface area (Å²) in [7, 11) is 0. The van der Waals surface area contributed by atoms with Crippen molar-refractivity contribution in [3.8, 4) is 11.4 Å². The van der Waals surface area contributed by atoms with E-state index in [0.29, 0.717) is 6.54 Å². The van der Waals surface area contributed by atoms with E-state index in [9.17, 15) is 4.79 Å². The molecule has 7 nitrogen and oxygen atoms in total. The normalized spacial score (nSPS) is 13.6. The van der Waals surface area contributed by atoms with Crippen molar-refractivity contribution in [3.05, 3.63) is 60.4 Å². The van der Waals surface area contributed by atoms with E-state index in [1.807, 2.05) is 42.5 Å². The number of thioether (sulfide) groups is 1. The van der Waals surface area contributed by atoms with Crippen LogP contribution in [-0.4, -0.2) is 48.7 Å². The van der Waals surface area contributed by atoms with Gasteiger partial charge in [-0.25, -0.2) is 5.01 Å². The summed E-state index contributed by atoms with van der Waals surface area (Å²) in [5.41, 5.74) is 2.99. The summed E-state index contributed by atoms with van der Waals surface area (Å²) in [5.74, 6) is 1.07. The van der Waals surface area contributed by atoms with Crippen molar-refractivity contribution in [1.82, 2.24) is 24.8 Å². The molecule has 0 radical (unpaired) electrons. The first kappa shape index (κ1) is 19.3. The highest BCUT2D eigenvalue weighted by Gasteiger charge is 2.23. The molecule has 148 valence electrons. The van der Waals surface area contributed by atoms with Crippen molar-refractivity contribution in [3.63, 3.8) is 0 Å². The van der Waals surface area contributed by atoms with Gasteiger partial charge < -0.3 is 4.57 Å². The van der Waals surface area contributed by atoms with E-state index >= 15 is 0 Å². The van der Waals surface area contributed by atoms with Crippen molar-refractivity contribution in [2.45, 2.75) is 31.5 Å². The Hall–Kier alpha value is -3.00. The van der Waals surface area contributed by atoms with Crippen LogP contribution in [0.4, 0.5) is 0 Å². The summed E-state index contributed by atoms with van der Waals surface area (Å²) >= 11 is 1.41. The quantitative estimate of drug-likeness (QED) is 0.562. The second-order valence-corrected chi connectivity index (χ2v) is 7.60. The molecule has 3 heterocycles. The van der Waals surface area contributed by atoms with E-state index in [0.717, 1.165) is 47.2 Å². The number of aromatic nitrogens is 4. The molecule has 8 heteroatoms. The largest absolute Gasteiger partial charge is 0.302 e. The number of hydrazone groups is 1. The molecule has 0 unspecified atom stereocenters. The van der Waals surface area contributed by atoms with Gasteiger partial charge >= 0.3 is 0 Å². The van der Waals surface area contributed by atoms with Crippen molar-refractivity contribution in [2.75, 3.05) is 12.3 Å².